The van der Waals surface area contributed by atoms with E-state index in [9.17, 15) is 19.8 Å². The number of rotatable bonds is 5. The summed E-state index contributed by atoms with van der Waals surface area (Å²) in [4.78, 5) is 25.9. The van der Waals surface area contributed by atoms with Crippen molar-refractivity contribution < 1.29 is 29.3 Å². The Hall–Kier alpha value is -3.62. The molecule has 6 aliphatic carbocycles. The summed E-state index contributed by atoms with van der Waals surface area (Å²) < 4.78 is 11.4. The number of hydrogen-bond acceptors (Lipinski definition) is 7. The van der Waals surface area contributed by atoms with Crippen molar-refractivity contribution in [2.75, 3.05) is 0 Å². The number of ether oxygens (including phenoxy) is 2. The fraction of sp³-hybridized carbons (Fsp3) is 0.591. The van der Waals surface area contributed by atoms with Crippen LogP contribution in [0.1, 0.15) is 119 Å². The van der Waals surface area contributed by atoms with Gasteiger partial charge >= 0.3 is 11.9 Å². The second kappa shape index (κ2) is 12.2. The van der Waals surface area contributed by atoms with Gasteiger partial charge in [-0.1, -0.05) is 37.8 Å². The molecule has 268 valence electrons. The van der Waals surface area contributed by atoms with Crippen LogP contribution in [0.3, 0.4) is 0 Å². The zero-order chi connectivity index (χ0) is 35.9. The maximum Gasteiger partial charge on any atom is 0.328 e. The van der Waals surface area contributed by atoms with E-state index in [2.05, 4.69) is 37.8 Å². The van der Waals surface area contributed by atoms with Crippen molar-refractivity contribution in [1.29, 1.82) is 0 Å². The normalized spacial score (nSPS) is 39.4. The van der Waals surface area contributed by atoms with Gasteiger partial charge in [-0.3, -0.25) is 4.79 Å². The molecular weight excluding hydrogens is 638 g/mol. The molecule has 0 amide bonds. The Morgan fingerprint density at radius 2 is 1.24 bits per heavy atom. The predicted octanol–water partition coefficient (Wildman–Crippen LogP) is 6.36. The van der Waals surface area contributed by atoms with Crippen LogP contribution in [0.15, 0.2) is 36.4 Å². The lowest BCUT2D eigenvalue weighted by Gasteiger charge is -2.52. The minimum atomic E-state index is -1.16. The van der Waals surface area contributed by atoms with Crippen molar-refractivity contribution in [2.45, 2.75) is 126 Å². The molecule has 0 saturated heterocycles. The summed E-state index contributed by atoms with van der Waals surface area (Å²) in [6, 6.07) is 10.6. The van der Waals surface area contributed by atoms with Crippen molar-refractivity contribution in [1.82, 2.24) is 0 Å². The monoisotopic (exact) mass is 689 g/mol. The van der Waals surface area contributed by atoms with Gasteiger partial charge in [0, 0.05) is 10.8 Å². The molecule has 7 nitrogen and oxygen atoms in total. The van der Waals surface area contributed by atoms with Gasteiger partial charge in [-0.25, -0.2) is 4.79 Å². The third-order valence-corrected chi connectivity index (χ3v) is 15.3. The van der Waals surface area contributed by atoms with E-state index in [1.54, 1.807) is 0 Å². The van der Waals surface area contributed by atoms with E-state index < -0.39 is 29.2 Å². The molecule has 4 saturated carbocycles. The van der Waals surface area contributed by atoms with Crippen molar-refractivity contribution in [3.63, 3.8) is 0 Å². The van der Waals surface area contributed by atoms with Gasteiger partial charge in [0.05, 0.1) is 6.42 Å². The number of esters is 2. The van der Waals surface area contributed by atoms with Crippen LogP contribution in [-0.2, 0) is 22.4 Å². The first-order valence-electron chi connectivity index (χ1n) is 19.2. The molecule has 0 aliphatic heterocycles. The van der Waals surface area contributed by atoms with Crippen LogP contribution in [0.2, 0.25) is 0 Å². The number of carbonyl (C=O) groups excluding carboxylic acids is 2. The fourth-order valence-electron chi connectivity index (χ4n) is 12.4. The smallest absolute Gasteiger partial charge is 0.328 e. The molecule has 4 N–H and O–H groups in total. The Morgan fingerprint density at radius 3 is 1.71 bits per heavy atom. The van der Waals surface area contributed by atoms with E-state index >= 15 is 0 Å². The molecule has 0 radical (unpaired) electrons. The molecule has 0 aromatic heterocycles. The molecule has 0 spiro atoms. The number of carbonyl (C=O) groups is 2. The zero-order valence-electron chi connectivity index (χ0n) is 30.0. The van der Waals surface area contributed by atoms with E-state index in [1.165, 1.54) is 22.3 Å². The molecule has 11 atom stereocenters. The van der Waals surface area contributed by atoms with E-state index in [0.29, 0.717) is 59.8 Å². The highest BCUT2D eigenvalue weighted by Crippen LogP contribution is 2.65. The van der Waals surface area contributed by atoms with Crippen LogP contribution in [0.25, 0.3) is 0 Å². The van der Waals surface area contributed by atoms with Gasteiger partial charge in [-0.05, 0) is 159 Å². The highest BCUT2D eigenvalue weighted by atomic mass is 16.5. The second-order valence-electron chi connectivity index (χ2n) is 17.3. The van der Waals surface area contributed by atoms with Crippen molar-refractivity contribution in [2.24, 2.45) is 40.2 Å². The summed E-state index contributed by atoms with van der Waals surface area (Å²) >= 11 is 0. The summed E-state index contributed by atoms with van der Waals surface area (Å²) in [6.45, 7) is 4.37. The number of benzene rings is 2. The lowest BCUT2D eigenvalue weighted by atomic mass is 9.53. The number of nitrogens with two attached hydrogens (primary N) is 1. The Bertz CT molecular complexity index is 1860. The fourth-order valence-corrected chi connectivity index (χ4v) is 12.4. The standard InChI is InChI=1S/C44H51NO6/c1-5-43(48)21-17-36-34-11-7-26-23-28(9-13-30(26)32(34)15-19-41(36,43)3)50-39(46)25-38(45)40(47)51-29-10-14-31-27(24-29)8-12-35-33(31)16-20-42(4)37(35)18-22-44(42,49)6-2/h1-2,9-10,13-14,23-24,32-38,48-49H,7-8,11-12,15-22,25,45H2,3-4H3/t32?,33?,34?,35?,36?,37?,38?,41-,42-,43-,44-/m0/s1. The summed E-state index contributed by atoms with van der Waals surface area (Å²) in [5, 5.41) is 22.4. The van der Waals surface area contributed by atoms with E-state index in [-0.39, 0.29) is 17.3 Å². The highest BCUT2D eigenvalue weighted by molar-refractivity contribution is 5.84. The molecule has 7 unspecified atom stereocenters. The maximum absolute atomic E-state index is 13.0. The first kappa shape index (κ1) is 34.5. The molecule has 0 bridgehead atoms. The van der Waals surface area contributed by atoms with Gasteiger partial charge in [0.2, 0.25) is 0 Å². The lowest BCUT2D eigenvalue weighted by molar-refractivity contribution is -0.142. The summed E-state index contributed by atoms with van der Waals surface area (Å²) in [7, 11) is 0. The third kappa shape index (κ3) is 5.21. The van der Waals surface area contributed by atoms with E-state index in [1.807, 2.05) is 24.3 Å². The zero-order valence-corrected chi connectivity index (χ0v) is 30.0. The van der Waals surface area contributed by atoms with Crippen molar-refractivity contribution in [3.05, 3.63) is 58.7 Å². The van der Waals surface area contributed by atoms with Crippen LogP contribution < -0.4 is 15.2 Å². The van der Waals surface area contributed by atoms with Gasteiger partial charge < -0.3 is 25.4 Å². The average molecular weight is 690 g/mol. The largest absolute Gasteiger partial charge is 0.426 e. The van der Waals surface area contributed by atoms with Crippen molar-refractivity contribution >= 4 is 11.9 Å². The molecule has 2 aromatic rings. The molecule has 7 heteroatoms. The van der Waals surface area contributed by atoms with Gasteiger partial charge in [0.1, 0.15) is 28.7 Å². The molecule has 8 rings (SSSR count). The summed E-state index contributed by atoms with van der Waals surface area (Å²) in [6.07, 6.45) is 22.1. The number of terminal acetylenes is 2. The number of aryl methyl sites for hydroxylation is 2. The molecule has 4 fully saturated rings. The predicted molar refractivity (Wildman–Crippen MR) is 194 cm³/mol. The van der Waals surface area contributed by atoms with Crippen molar-refractivity contribution in [3.8, 4) is 36.2 Å². The Balaban J connectivity index is 0.869. The van der Waals surface area contributed by atoms with Crippen LogP contribution in [0, 0.1) is 59.2 Å². The second-order valence-corrected chi connectivity index (χ2v) is 17.3. The quantitative estimate of drug-likeness (QED) is 0.190. The van der Waals surface area contributed by atoms with E-state index in [0.717, 1.165) is 64.2 Å². The third-order valence-electron chi connectivity index (χ3n) is 15.3. The first-order valence-corrected chi connectivity index (χ1v) is 19.2. The van der Waals surface area contributed by atoms with Gasteiger partial charge in [0.15, 0.2) is 0 Å². The maximum atomic E-state index is 13.0. The number of hydrogen-bond donors (Lipinski definition) is 3. The Morgan fingerprint density at radius 1 is 0.765 bits per heavy atom. The van der Waals surface area contributed by atoms with Gasteiger partial charge in [-0.15, -0.1) is 12.8 Å². The molecule has 0 heterocycles. The van der Waals surface area contributed by atoms with Crippen LogP contribution in [0.4, 0.5) is 0 Å². The SMILES string of the molecule is C#C[C@]1(O)CCC2C3CCc4cc(OC(=O)CC(N)C(=O)Oc5ccc6c(c5)CCC5C6CC[C@@]6(C)C5CC[C@@]6(O)C#C)ccc4C3CC[C@@]21C. The van der Waals surface area contributed by atoms with Crippen LogP contribution in [-0.4, -0.2) is 39.4 Å². The first-order chi connectivity index (χ1) is 24.3. The molecule has 6 aliphatic rings. The topological polar surface area (TPSA) is 119 Å². The molecule has 51 heavy (non-hydrogen) atoms. The summed E-state index contributed by atoms with van der Waals surface area (Å²) in [5.41, 5.74) is 8.61. The minimum absolute atomic E-state index is 0.244. The number of fused-ring (bicyclic) bond motifs is 10. The van der Waals surface area contributed by atoms with E-state index in [4.69, 9.17) is 28.1 Å². The Kier molecular flexibility index (Phi) is 8.26. The summed E-state index contributed by atoms with van der Waals surface area (Å²) in [5.74, 6) is 7.69. The van der Waals surface area contributed by atoms with Gasteiger partial charge in [-0.2, -0.15) is 0 Å². The number of aliphatic hydroxyl groups is 2. The van der Waals surface area contributed by atoms with Crippen LogP contribution >= 0.6 is 0 Å². The minimum Gasteiger partial charge on any atom is -0.426 e. The molecule has 2 aromatic carbocycles. The lowest BCUT2D eigenvalue weighted by Crippen LogP contribution is -2.50. The Labute approximate surface area is 302 Å². The van der Waals surface area contributed by atoms with Crippen LogP contribution in [0.5, 0.6) is 11.5 Å². The average Bonchev–Trinajstić information content (AvgIpc) is 3.56. The van der Waals surface area contributed by atoms with Gasteiger partial charge in [0.25, 0.3) is 0 Å². The highest BCUT2D eigenvalue weighted by Gasteiger charge is 2.62. The molecular formula is C44H51NO6.